The minimum absolute atomic E-state index is 0.774. The Bertz CT molecular complexity index is 190. The van der Waals surface area contributed by atoms with Gasteiger partial charge in [-0.25, -0.2) is 0 Å². The van der Waals surface area contributed by atoms with Crippen LogP contribution in [0.2, 0.25) is 0 Å². The molecule has 0 aliphatic carbocycles. The smallest absolute Gasteiger partial charge is 0.0347 e. The number of hydrogen-bond acceptors (Lipinski definition) is 2. The molecule has 0 aromatic rings. The molecule has 0 saturated heterocycles. The summed E-state index contributed by atoms with van der Waals surface area (Å²) in [6.07, 6.45) is 6.07. The van der Waals surface area contributed by atoms with E-state index in [0.29, 0.717) is 0 Å². The fraction of sp³-hybridized carbons (Fsp3) is 0.400. The quantitative estimate of drug-likeness (QED) is 0.480. The number of nitrogens with one attached hydrogen (secondary N) is 2. The molecule has 68 valence electrons. The molecule has 0 fully saturated rings. The molecule has 0 radical (unpaired) electrons. The van der Waals surface area contributed by atoms with Gasteiger partial charge in [0.2, 0.25) is 0 Å². The van der Waals surface area contributed by atoms with E-state index in [1.54, 1.807) is 0 Å². The molecule has 0 rings (SSSR count). The summed E-state index contributed by atoms with van der Waals surface area (Å²) in [4.78, 5) is 0. The van der Waals surface area contributed by atoms with Crippen LogP contribution in [0, 0.1) is 0 Å². The van der Waals surface area contributed by atoms with Crippen LogP contribution in [0.3, 0.4) is 0 Å². The van der Waals surface area contributed by atoms with Gasteiger partial charge in [-0.1, -0.05) is 24.8 Å². The SMILES string of the molecule is C=C(CNNC)/C(C)=C\C=C/C. The van der Waals surface area contributed by atoms with Crippen LogP contribution in [0.1, 0.15) is 13.8 Å². The van der Waals surface area contributed by atoms with Crippen molar-refractivity contribution in [1.82, 2.24) is 10.9 Å². The largest absolute Gasteiger partial charge is 0.261 e. The monoisotopic (exact) mass is 166 g/mol. The average Bonchev–Trinajstić information content (AvgIpc) is 2.10. The first-order valence-electron chi connectivity index (χ1n) is 4.09. The molecular formula is C10H18N2. The third kappa shape index (κ3) is 4.88. The van der Waals surface area contributed by atoms with E-state index >= 15 is 0 Å². The number of hydrogen-bond donors (Lipinski definition) is 2. The third-order valence-corrected chi connectivity index (χ3v) is 1.57. The number of rotatable bonds is 5. The highest BCUT2D eigenvalue weighted by Gasteiger charge is 1.93. The van der Waals surface area contributed by atoms with Crippen LogP contribution in [0.15, 0.2) is 36.0 Å². The molecule has 0 bridgehead atoms. The zero-order valence-corrected chi connectivity index (χ0v) is 8.15. The lowest BCUT2D eigenvalue weighted by atomic mass is 10.1. The topological polar surface area (TPSA) is 24.1 Å². The van der Waals surface area contributed by atoms with Gasteiger partial charge in [-0.15, -0.1) is 0 Å². The molecule has 0 aliphatic heterocycles. The minimum atomic E-state index is 0.774. The Balaban J connectivity index is 3.92. The van der Waals surface area contributed by atoms with Gasteiger partial charge >= 0.3 is 0 Å². The maximum Gasteiger partial charge on any atom is 0.0347 e. The first-order chi connectivity index (χ1) is 5.72. The van der Waals surface area contributed by atoms with Crippen molar-refractivity contribution in [3.05, 3.63) is 36.0 Å². The van der Waals surface area contributed by atoms with Crippen molar-refractivity contribution in [2.45, 2.75) is 13.8 Å². The molecule has 0 aromatic heterocycles. The van der Waals surface area contributed by atoms with E-state index in [0.717, 1.165) is 12.1 Å². The summed E-state index contributed by atoms with van der Waals surface area (Å²) >= 11 is 0. The number of hydrazine groups is 1. The first kappa shape index (κ1) is 11.1. The Morgan fingerprint density at radius 2 is 2.17 bits per heavy atom. The molecule has 0 spiro atoms. The van der Waals surface area contributed by atoms with Crippen molar-refractivity contribution in [2.24, 2.45) is 0 Å². The second-order valence-electron chi connectivity index (χ2n) is 2.58. The third-order valence-electron chi connectivity index (χ3n) is 1.57. The standard InChI is InChI=1S/C10H18N2/c1-5-6-7-9(2)10(3)8-12-11-4/h5-7,11-12H,3,8H2,1-2,4H3/b6-5-,9-7-. The highest BCUT2D eigenvalue weighted by atomic mass is 15.3. The summed E-state index contributed by atoms with van der Waals surface area (Å²) < 4.78 is 0. The summed E-state index contributed by atoms with van der Waals surface area (Å²) in [7, 11) is 1.85. The van der Waals surface area contributed by atoms with Gasteiger partial charge < -0.3 is 0 Å². The van der Waals surface area contributed by atoms with Gasteiger partial charge in [-0.3, -0.25) is 10.9 Å². The van der Waals surface area contributed by atoms with Gasteiger partial charge in [-0.2, -0.15) is 0 Å². The Morgan fingerprint density at radius 1 is 1.50 bits per heavy atom. The fourth-order valence-electron chi connectivity index (χ4n) is 0.693. The zero-order chi connectivity index (χ0) is 9.40. The van der Waals surface area contributed by atoms with Crippen molar-refractivity contribution in [3.63, 3.8) is 0 Å². The Kier molecular flexibility index (Phi) is 6.34. The summed E-state index contributed by atoms with van der Waals surface area (Å²) in [6.45, 7) is 8.77. The molecule has 12 heavy (non-hydrogen) atoms. The van der Waals surface area contributed by atoms with E-state index in [-0.39, 0.29) is 0 Å². The molecule has 0 saturated carbocycles. The molecule has 0 unspecified atom stereocenters. The van der Waals surface area contributed by atoms with Crippen LogP contribution >= 0.6 is 0 Å². The van der Waals surface area contributed by atoms with E-state index in [1.165, 1.54) is 5.57 Å². The first-order valence-corrected chi connectivity index (χ1v) is 4.09. The minimum Gasteiger partial charge on any atom is -0.261 e. The van der Waals surface area contributed by atoms with Crippen LogP contribution in [-0.2, 0) is 0 Å². The zero-order valence-electron chi connectivity index (χ0n) is 8.15. The molecule has 2 nitrogen and oxygen atoms in total. The molecule has 2 heteroatoms. The normalized spacial score (nSPS) is 12.4. The summed E-state index contributed by atoms with van der Waals surface area (Å²) in [5.74, 6) is 0. The lowest BCUT2D eigenvalue weighted by Crippen LogP contribution is -2.29. The van der Waals surface area contributed by atoms with Crippen LogP contribution in [-0.4, -0.2) is 13.6 Å². The summed E-state index contributed by atoms with van der Waals surface area (Å²) in [5, 5.41) is 0. The van der Waals surface area contributed by atoms with Crippen molar-refractivity contribution in [3.8, 4) is 0 Å². The van der Waals surface area contributed by atoms with Crippen LogP contribution in [0.25, 0.3) is 0 Å². The van der Waals surface area contributed by atoms with Gasteiger partial charge in [0.05, 0.1) is 0 Å². The van der Waals surface area contributed by atoms with E-state index in [4.69, 9.17) is 0 Å². The van der Waals surface area contributed by atoms with Crippen molar-refractivity contribution >= 4 is 0 Å². The van der Waals surface area contributed by atoms with E-state index < -0.39 is 0 Å². The van der Waals surface area contributed by atoms with Crippen molar-refractivity contribution in [1.29, 1.82) is 0 Å². The Hall–Kier alpha value is -0.860. The number of allylic oxidation sites excluding steroid dienone is 3. The molecule has 0 amide bonds. The molecule has 0 aromatic carbocycles. The highest BCUT2D eigenvalue weighted by Crippen LogP contribution is 2.04. The van der Waals surface area contributed by atoms with Crippen LogP contribution in [0.5, 0.6) is 0 Å². The molecule has 0 atom stereocenters. The average molecular weight is 166 g/mol. The second kappa shape index (κ2) is 6.83. The maximum atomic E-state index is 3.94. The Morgan fingerprint density at radius 3 is 2.67 bits per heavy atom. The van der Waals surface area contributed by atoms with Gasteiger partial charge in [0.1, 0.15) is 0 Å². The van der Waals surface area contributed by atoms with Crippen molar-refractivity contribution in [2.75, 3.05) is 13.6 Å². The van der Waals surface area contributed by atoms with E-state index in [2.05, 4.69) is 30.4 Å². The van der Waals surface area contributed by atoms with Crippen LogP contribution < -0.4 is 10.9 Å². The van der Waals surface area contributed by atoms with Gasteiger partial charge in [-0.05, 0) is 32.0 Å². The maximum absolute atomic E-state index is 3.94. The van der Waals surface area contributed by atoms with E-state index in [9.17, 15) is 0 Å². The molecule has 0 heterocycles. The molecule has 2 N–H and O–H groups in total. The van der Waals surface area contributed by atoms with Gasteiger partial charge in [0, 0.05) is 6.54 Å². The van der Waals surface area contributed by atoms with Gasteiger partial charge in [0.15, 0.2) is 0 Å². The van der Waals surface area contributed by atoms with E-state index in [1.807, 2.05) is 26.1 Å². The lowest BCUT2D eigenvalue weighted by Gasteiger charge is -2.05. The lowest BCUT2D eigenvalue weighted by molar-refractivity contribution is 0.636. The summed E-state index contributed by atoms with van der Waals surface area (Å²) in [5.41, 5.74) is 8.15. The van der Waals surface area contributed by atoms with Crippen LogP contribution in [0.4, 0.5) is 0 Å². The molecular weight excluding hydrogens is 148 g/mol. The Labute approximate surface area is 75.0 Å². The summed E-state index contributed by atoms with van der Waals surface area (Å²) in [6, 6.07) is 0. The predicted octanol–water partition coefficient (Wildman–Crippen LogP) is 1.79. The highest BCUT2D eigenvalue weighted by molar-refractivity contribution is 5.30. The van der Waals surface area contributed by atoms with Gasteiger partial charge in [0.25, 0.3) is 0 Å². The molecule has 0 aliphatic rings. The predicted molar refractivity (Wildman–Crippen MR) is 54.8 cm³/mol. The fourth-order valence-corrected chi connectivity index (χ4v) is 0.693. The second-order valence-corrected chi connectivity index (χ2v) is 2.58. The van der Waals surface area contributed by atoms with Crippen molar-refractivity contribution < 1.29 is 0 Å².